The van der Waals surface area contributed by atoms with Crippen LogP contribution in [-0.4, -0.2) is 58.5 Å². The molecule has 152 valence electrons. The van der Waals surface area contributed by atoms with Crippen molar-refractivity contribution in [2.75, 3.05) is 32.8 Å². The van der Waals surface area contributed by atoms with Crippen molar-refractivity contribution in [3.8, 4) is 0 Å². The van der Waals surface area contributed by atoms with Crippen molar-refractivity contribution in [2.45, 2.75) is 58.0 Å². The van der Waals surface area contributed by atoms with E-state index in [1.807, 2.05) is 6.92 Å². The maximum Gasteiger partial charge on any atom is 0.256 e. The van der Waals surface area contributed by atoms with Gasteiger partial charge in [-0.1, -0.05) is 13.0 Å². The fourth-order valence-corrected chi connectivity index (χ4v) is 4.49. The van der Waals surface area contributed by atoms with Crippen LogP contribution in [0.5, 0.6) is 0 Å². The number of amides is 1. The highest BCUT2D eigenvalue weighted by Gasteiger charge is 2.31. The number of nitrogens with one attached hydrogen (secondary N) is 1. The van der Waals surface area contributed by atoms with Crippen LogP contribution in [0.15, 0.2) is 16.4 Å². The molecule has 7 heteroatoms. The Balaban J connectivity index is 1.52. The molecule has 4 rings (SSSR count). The SMILES string of the molecule is CCCC(=O)N1CCc2nc([C@@H]3CCCN3CC3=CCCOC3)[nH]c(=O)c2C1. The molecule has 1 fully saturated rings. The van der Waals surface area contributed by atoms with Gasteiger partial charge in [-0.3, -0.25) is 14.5 Å². The Hall–Kier alpha value is -1.99. The number of nitrogens with zero attached hydrogens (tertiary/aromatic N) is 3. The molecule has 1 amide bonds. The van der Waals surface area contributed by atoms with Gasteiger partial charge in [0.25, 0.3) is 5.56 Å². The number of H-pyrrole nitrogens is 1. The Bertz CT molecular complexity index is 816. The number of fused-ring (bicyclic) bond motifs is 1. The lowest BCUT2D eigenvalue weighted by atomic mass is 10.1. The summed E-state index contributed by atoms with van der Waals surface area (Å²) < 4.78 is 5.57. The molecule has 3 aliphatic heterocycles. The summed E-state index contributed by atoms with van der Waals surface area (Å²) in [7, 11) is 0. The highest BCUT2D eigenvalue weighted by Crippen LogP contribution is 2.31. The largest absolute Gasteiger partial charge is 0.377 e. The normalized spacial score (nSPS) is 22.8. The average molecular weight is 386 g/mol. The third-order valence-corrected chi connectivity index (χ3v) is 5.97. The van der Waals surface area contributed by atoms with Crippen molar-refractivity contribution in [3.05, 3.63) is 39.1 Å². The Kier molecular flexibility index (Phi) is 5.92. The van der Waals surface area contributed by atoms with Gasteiger partial charge in [-0.2, -0.15) is 0 Å². The fourth-order valence-electron chi connectivity index (χ4n) is 4.49. The number of ether oxygens (including phenoxy) is 1. The quantitative estimate of drug-likeness (QED) is 0.783. The first-order chi connectivity index (χ1) is 13.7. The van der Waals surface area contributed by atoms with Crippen LogP contribution in [-0.2, 0) is 22.5 Å². The standard InChI is InChI=1S/C21H30N4O3/c1-2-5-19(26)25-10-8-17-16(13-25)21(27)23-20(22-17)18-7-3-9-24(18)12-15-6-4-11-28-14-15/h6,18H,2-5,7-14H2,1H3,(H,22,23,27)/t18-/m0/s1. The molecular weight excluding hydrogens is 356 g/mol. The molecule has 1 saturated heterocycles. The predicted octanol–water partition coefficient (Wildman–Crippen LogP) is 1.94. The van der Waals surface area contributed by atoms with Gasteiger partial charge in [0.15, 0.2) is 0 Å². The first-order valence-corrected chi connectivity index (χ1v) is 10.5. The topological polar surface area (TPSA) is 78.5 Å². The van der Waals surface area contributed by atoms with Crippen LogP contribution in [0.3, 0.4) is 0 Å². The molecule has 0 aromatic carbocycles. The number of carbonyl (C=O) groups excluding carboxylic acids is 1. The van der Waals surface area contributed by atoms with Crippen LogP contribution < -0.4 is 5.56 Å². The van der Waals surface area contributed by atoms with E-state index in [4.69, 9.17) is 9.72 Å². The highest BCUT2D eigenvalue weighted by atomic mass is 16.5. The Morgan fingerprint density at radius 1 is 1.39 bits per heavy atom. The van der Waals surface area contributed by atoms with Gasteiger partial charge in [0.2, 0.25) is 5.91 Å². The monoisotopic (exact) mass is 386 g/mol. The number of aromatic nitrogens is 2. The van der Waals surface area contributed by atoms with Gasteiger partial charge < -0.3 is 14.6 Å². The van der Waals surface area contributed by atoms with Crippen molar-refractivity contribution in [2.24, 2.45) is 0 Å². The molecule has 1 N–H and O–H groups in total. The summed E-state index contributed by atoms with van der Waals surface area (Å²) in [6.07, 6.45) is 7.41. The fraction of sp³-hybridized carbons (Fsp3) is 0.667. The Morgan fingerprint density at radius 3 is 3.07 bits per heavy atom. The zero-order valence-electron chi connectivity index (χ0n) is 16.7. The minimum atomic E-state index is -0.0823. The van der Waals surface area contributed by atoms with E-state index >= 15 is 0 Å². The molecule has 4 heterocycles. The molecule has 1 aromatic rings. The zero-order chi connectivity index (χ0) is 19.5. The maximum absolute atomic E-state index is 12.8. The average Bonchev–Trinajstić information content (AvgIpc) is 3.17. The molecule has 0 spiro atoms. The van der Waals surface area contributed by atoms with Crippen molar-refractivity contribution >= 4 is 5.91 Å². The van der Waals surface area contributed by atoms with Crippen LogP contribution in [0.4, 0.5) is 0 Å². The number of rotatable bonds is 5. The molecule has 1 aromatic heterocycles. The smallest absolute Gasteiger partial charge is 0.256 e. The van der Waals surface area contributed by atoms with Crippen LogP contribution in [0, 0.1) is 0 Å². The number of likely N-dealkylation sites (tertiary alicyclic amines) is 1. The summed E-state index contributed by atoms with van der Waals surface area (Å²) in [5.41, 5.74) is 2.77. The molecule has 0 bridgehead atoms. The molecule has 0 unspecified atom stereocenters. The maximum atomic E-state index is 12.8. The molecule has 3 aliphatic rings. The molecule has 1 atom stereocenters. The summed E-state index contributed by atoms with van der Waals surface area (Å²) in [5, 5.41) is 0. The minimum absolute atomic E-state index is 0.0823. The number of aromatic amines is 1. The van der Waals surface area contributed by atoms with Crippen molar-refractivity contribution in [1.29, 1.82) is 0 Å². The van der Waals surface area contributed by atoms with E-state index in [1.54, 1.807) is 4.90 Å². The van der Waals surface area contributed by atoms with Gasteiger partial charge in [-0.15, -0.1) is 0 Å². The molecule has 0 saturated carbocycles. The first-order valence-electron chi connectivity index (χ1n) is 10.5. The third kappa shape index (κ3) is 4.05. The Morgan fingerprint density at radius 2 is 2.29 bits per heavy atom. The highest BCUT2D eigenvalue weighted by molar-refractivity contribution is 5.76. The second-order valence-corrected chi connectivity index (χ2v) is 8.02. The summed E-state index contributed by atoms with van der Waals surface area (Å²) in [4.78, 5) is 37.1. The molecule has 0 aliphatic carbocycles. The lowest BCUT2D eigenvalue weighted by molar-refractivity contribution is -0.132. The molecule has 28 heavy (non-hydrogen) atoms. The lowest BCUT2D eigenvalue weighted by Gasteiger charge is -2.30. The van der Waals surface area contributed by atoms with E-state index < -0.39 is 0 Å². The van der Waals surface area contributed by atoms with E-state index in [2.05, 4.69) is 16.0 Å². The van der Waals surface area contributed by atoms with Crippen LogP contribution >= 0.6 is 0 Å². The van der Waals surface area contributed by atoms with Gasteiger partial charge in [-0.25, -0.2) is 4.98 Å². The summed E-state index contributed by atoms with van der Waals surface area (Å²) in [6, 6.07) is 0.153. The predicted molar refractivity (Wildman–Crippen MR) is 106 cm³/mol. The van der Waals surface area contributed by atoms with Gasteiger partial charge in [0.05, 0.1) is 37.1 Å². The van der Waals surface area contributed by atoms with Crippen molar-refractivity contribution in [1.82, 2.24) is 19.8 Å². The van der Waals surface area contributed by atoms with Crippen molar-refractivity contribution < 1.29 is 9.53 Å². The molecule has 0 radical (unpaired) electrons. The molecule has 7 nitrogen and oxygen atoms in total. The second-order valence-electron chi connectivity index (χ2n) is 8.02. The zero-order valence-corrected chi connectivity index (χ0v) is 16.7. The van der Waals surface area contributed by atoms with E-state index in [1.165, 1.54) is 5.57 Å². The first kappa shape index (κ1) is 19.3. The van der Waals surface area contributed by atoms with E-state index in [0.29, 0.717) is 38.1 Å². The molecular formula is C21H30N4O3. The Labute approximate surface area is 165 Å². The number of carbonyl (C=O) groups is 1. The van der Waals surface area contributed by atoms with Gasteiger partial charge in [-0.05, 0) is 37.8 Å². The van der Waals surface area contributed by atoms with E-state index in [0.717, 1.165) is 56.9 Å². The van der Waals surface area contributed by atoms with Gasteiger partial charge in [0.1, 0.15) is 5.82 Å². The van der Waals surface area contributed by atoms with Crippen molar-refractivity contribution in [3.63, 3.8) is 0 Å². The lowest BCUT2D eigenvalue weighted by Crippen LogP contribution is -2.40. The minimum Gasteiger partial charge on any atom is -0.377 e. The van der Waals surface area contributed by atoms with E-state index in [-0.39, 0.29) is 17.5 Å². The van der Waals surface area contributed by atoms with Gasteiger partial charge in [0, 0.05) is 25.9 Å². The van der Waals surface area contributed by atoms with Crippen LogP contribution in [0.2, 0.25) is 0 Å². The van der Waals surface area contributed by atoms with Crippen LogP contribution in [0.25, 0.3) is 0 Å². The second kappa shape index (κ2) is 8.57. The number of hydrogen-bond donors (Lipinski definition) is 1. The van der Waals surface area contributed by atoms with Crippen LogP contribution in [0.1, 0.15) is 62.2 Å². The third-order valence-electron chi connectivity index (χ3n) is 5.97. The summed E-state index contributed by atoms with van der Waals surface area (Å²) in [5.74, 6) is 0.911. The van der Waals surface area contributed by atoms with Gasteiger partial charge >= 0.3 is 0 Å². The number of hydrogen-bond acceptors (Lipinski definition) is 5. The van der Waals surface area contributed by atoms with E-state index in [9.17, 15) is 9.59 Å². The summed E-state index contributed by atoms with van der Waals surface area (Å²) >= 11 is 0. The summed E-state index contributed by atoms with van der Waals surface area (Å²) in [6.45, 7) is 6.45.